The van der Waals surface area contributed by atoms with Gasteiger partial charge in [0, 0.05) is 12.7 Å². The highest BCUT2D eigenvalue weighted by Crippen LogP contribution is 2.34. The Morgan fingerprint density at radius 2 is 1.86 bits per heavy atom. The number of hydrogen-bond donors (Lipinski definition) is 0. The Hall–Kier alpha value is -2.66. The summed E-state index contributed by atoms with van der Waals surface area (Å²) < 4.78 is 1.84. The number of aromatic nitrogens is 4. The van der Waals surface area contributed by atoms with Crippen molar-refractivity contribution in [3.05, 3.63) is 59.9 Å². The normalized spacial score (nSPS) is 11.2. The number of nitrogens with zero attached hydrogens (tertiary/aromatic N) is 5. The van der Waals surface area contributed by atoms with Crippen molar-refractivity contribution in [1.82, 2.24) is 19.6 Å². The predicted octanol–water partition coefficient (Wildman–Crippen LogP) is 3.70. The third-order valence-electron chi connectivity index (χ3n) is 3.67. The minimum Gasteiger partial charge on any atom is -0.329 e. The molecule has 2 heterocycles. The number of rotatable bonds is 2. The van der Waals surface area contributed by atoms with Gasteiger partial charge in [0.1, 0.15) is 12.1 Å². The molecule has 2 aromatic heterocycles. The first-order valence-corrected chi connectivity index (χ1v) is 7.20. The number of halogens is 1. The average molecular weight is 310 g/mol. The van der Waals surface area contributed by atoms with E-state index >= 15 is 0 Å². The first kappa shape index (κ1) is 13.0. The first-order chi connectivity index (χ1) is 10.8. The van der Waals surface area contributed by atoms with Crippen molar-refractivity contribution in [3.63, 3.8) is 0 Å². The molecule has 0 radical (unpaired) electrons. The second-order valence-corrected chi connectivity index (χ2v) is 5.37. The van der Waals surface area contributed by atoms with E-state index in [0.717, 1.165) is 22.4 Å². The number of benzene rings is 2. The SMILES string of the molecule is CN(c1ccccc1)c1nc2nncn2c2cccc(Cl)c12. The van der Waals surface area contributed by atoms with Crippen molar-refractivity contribution in [1.29, 1.82) is 0 Å². The fourth-order valence-corrected chi connectivity index (χ4v) is 2.83. The molecular weight excluding hydrogens is 298 g/mol. The van der Waals surface area contributed by atoms with E-state index in [1.807, 2.05) is 64.9 Å². The van der Waals surface area contributed by atoms with E-state index < -0.39 is 0 Å². The quantitative estimate of drug-likeness (QED) is 0.566. The standard InChI is InChI=1S/C16H12ClN5/c1-21(11-6-3-2-4-7-11)15-14-12(17)8-5-9-13(14)22-10-18-20-16(22)19-15/h2-10H,1H3. The second-order valence-electron chi connectivity index (χ2n) is 4.96. The van der Waals surface area contributed by atoms with E-state index in [1.54, 1.807) is 6.33 Å². The summed E-state index contributed by atoms with van der Waals surface area (Å²) in [6.07, 6.45) is 1.65. The van der Waals surface area contributed by atoms with Gasteiger partial charge in [-0.25, -0.2) is 0 Å². The minimum absolute atomic E-state index is 0.549. The van der Waals surface area contributed by atoms with Crippen LogP contribution >= 0.6 is 11.6 Å². The van der Waals surface area contributed by atoms with Crippen LogP contribution in [0.25, 0.3) is 16.7 Å². The zero-order valence-corrected chi connectivity index (χ0v) is 12.6. The Morgan fingerprint density at radius 1 is 1.05 bits per heavy atom. The van der Waals surface area contributed by atoms with Crippen LogP contribution in [-0.4, -0.2) is 26.6 Å². The summed E-state index contributed by atoms with van der Waals surface area (Å²) in [5, 5.41) is 9.54. The Kier molecular flexibility index (Phi) is 2.94. The molecule has 0 spiro atoms. The lowest BCUT2D eigenvalue weighted by atomic mass is 10.2. The lowest BCUT2D eigenvalue weighted by molar-refractivity contribution is 1.08. The molecule has 0 saturated heterocycles. The number of para-hydroxylation sites is 1. The van der Waals surface area contributed by atoms with Crippen molar-refractivity contribution in [2.75, 3.05) is 11.9 Å². The minimum atomic E-state index is 0.549. The van der Waals surface area contributed by atoms with Gasteiger partial charge in [0.25, 0.3) is 5.78 Å². The van der Waals surface area contributed by atoms with Crippen LogP contribution in [-0.2, 0) is 0 Å². The third-order valence-corrected chi connectivity index (χ3v) is 3.99. The van der Waals surface area contributed by atoms with Gasteiger partial charge in [0.2, 0.25) is 0 Å². The molecule has 4 rings (SSSR count). The van der Waals surface area contributed by atoms with E-state index in [1.165, 1.54) is 0 Å². The lowest BCUT2D eigenvalue weighted by Gasteiger charge is -2.20. The number of anilines is 2. The van der Waals surface area contributed by atoms with Crippen molar-refractivity contribution < 1.29 is 0 Å². The zero-order chi connectivity index (χ0) is 15.1. The molecule has 0 atom stereocenters. The van der Waals surface area contributed by atoms with Crippen LogP contribution in [0.1, 0.15) is 0 Å². The molecule has 0 aliphatic carbocycles. The summed E-state index contributed by atoms with van der Waals surface area (Å²) in [4.78, 5) is 6.63. The summed E-state index contributed by atoms with van der Waals surface area (Å²) in [5.74, 6) is 1.31. The van der Waals surface area contributed by atoms with Gasteiger partial charge in [-0.1, -0.05) is 35.9 Å². The largest absolute Gasteiger partial charge is 0.329 e. The molecule has 0 fully saturated rings. The van der Waals surface area contributed by atoms with Gasteiger partial charge in [0.05, 0.1) is 15.9 Å². The molecule has 0 saturated carbocycles. The average Bonchev–Trinajstić information content (AvgIpc) is 3.03. The van der Waals surface area contributed by atoms with E-state index in [9.17, 15) is 0 Å². The third kappa shape index (κ3) is 1.90. The molecule has 2 aromatic carbocycles. The lowest BCUT2D eigenvalue weighted by Crippen LogP contribution is -2.13. The molecule has 4 aromatic rings. The molecule has 0 aliphatic heterocycles. The Morgan fingerprint density at radius 3 is 2.68 bits per heavy atom. The van der Waals surface area contributed by atoms with Crippen LogP contribution in [0.3, 0.4) is 0 Å². The first-order valence-electron chi connectivity index (χ1n) is 6.82. The van der Waals surface area contributed by atoms with E-state index in [-0.39, 0.29) is 0 Å². The second kappa shape index (κ2) is 4.96. The van der Waals surface area contributed by atoms with Gasteiger partial charge in [-0.05, 0) is 24.3 Å². The van der Waals surface area contributed by atoms with Crippen LogP contribution in [0.5, 0.6) is 0 Å². The predicted molar refractivity (Wildman–Crippen MR) is 87.8 cm³/mol. The highest BCUT2D eigenvalue weighted by molar-refractivity contribution is 6.36. The van der Waals surface area contributed by atoms with Crippen molar-refractivity contribution in [2.24, 2.45) is 0 Å². The van der Waals surface area contributed by atoms with Gasteiger partial charge in [-0.15, -0.1) is 10.2 Å². The summed E-state index contributed by atoms with van der Waals surface area (Å²) >= 11 is 6.44. The van der Waals surface area contributed by atoms with Gasteiger partial charge >= 0.3 is 0 Å². The van der Waals surface area contributed by atoms with Crippen LogP contribution in [0.4, 0.5) is 11.5 Å². The molecule has 5 nitrogen and oxygen atoms in total. The van der Waals surface area contributed by atoms with Gasteiger partial charge < -0.3 is 4.90 Å². The van der Waals surface area contributed by atoms with Crippen LogP contribution < -0.4 is 4.90 Å². The highest BCUT2D eigenvalue weighted by atomic mass is 35.5. The maximum Gasteiger partial charge on any atom is 0.257 e. The maximum atomic E-state index is 6.44. The molecule has 108 valence electrons. The van der Waals surface area contributed by atoms with Crippen LogP contribution in [0, 0.1) is 0 Å². The molecule has 0 amide bonds. The van der Waals surface area contributed by atoms with Crippen molar-refractivity contribution in [3.8, 4) is 0 Å². The highest BCUT2D eigenvalue weighted by Gasteiger charge is 2.16. The number of hydrogen-bond acceptors (Lipinski definition) is 4. The smallest absolute Gasteiger partial charge is 0.257 e. The molecule has 6 heteroatoms. The number of fused-ring (bicyclic) bond motifs is 3. The molecule has 22 heavy (non-hydrogen) atoms. The van der Waals surface area contributed by atoms with Crippen LogP contribution in [0.15, 0.2) is 54.9 Å². The fraction of sp³-hybridized carbons (Fsp3) is 0.0625. The Labute approximate surface area is 131 Å². The summed E-state index contributed by atoms with van der Waals surface area (Å²) in [6.45, 7) is 0. The van der Waals surface area contributed by atoms with Gasteiger partial charge in [-0.3, -0.25) is 4.40 Å². The summed E-state index contributed by atoms with van der Waals surface area (Å²) in [5.41, 5.74) is 1.96. The van der Waals surface area contributed by atoms with Crippen LogP contribution in [0.2, 0.25) is 5.02 Å². The topological polar surface area (TPSA) is 46.3 Å². The Balaban J connectivity index is 2.07. The molecular formula is C16H12ClN5. The van der Waals surface area contributed by atoms with E-state index in [2.05, 4.69) is 15.2 Å². The monoisotopic (exact) mass is 309 g/mol. The van der Waals surface area contributed by atoms with Gasteiger partial charge in [0.15, 0.2) is 0 Å². The van der Waals surface area contributed by atoms with Crippen molar-refractivity contribution >= 4 is 39.8 Å². The summed E-state index contributed by atoms with van der Waals surface area (Å²) in [7, 11) is 1.97. The molecule has 0 aliphatic rings. The fourth-order valence-electron chi connectivity index (χ4n) is 2.58. The van der Waals surface area contributed by atoms with Gasteiger partial charge in [-0.2, -0.15) is 4.98 Å². The molecule has 0 unspecified atom stereocenters. The van der Waals surface area contributed by atoms with E-state index in [0.29, 0.717) is 10.8 Å². The zero-order valence-electron chi connectivity index (χ0n) is 11.8. The Bertz CT molecular complexity index is 964. The molecule has 0 bridgehead atoms. The summed E-state index contributed by atoms with van der Waals surface area (Å²) in [6, 6.07) is 15.8. The van der Waals surface area contributed by atoms with Crippen molar-refractivity contribution in [2.45, 2.75) is 0 Å². The maximum absolute atomic E-state index is 6.44. The van der Waals surface area contributed by atoms with E-state index in [4.69, 9.17) is 11.6 Å². The molecule has 0 N–H and O–H groups in total.